The van der Waals surface area contributed by atoms with Crippen LogP contribution in [-0.2, 0) is 19.6 Å². The summed E-state index contributed by atoms with van der Waals surface area (Å²) < 4.78 is 25.1. The van der Waals surface area contributed by atoms with Gasteiger partial charge in [-0.3, -0.25) is 9.59 Å². The molecule has 4 rings (SSSR count). The molecule has 2 atom stereocenters. The van der Waals surface area contributed by atoms with E-state index in [-0.39, 0.29) is 18.1 Å². The Bertz CT molecular complexity index is 1230. The van der Waals surface area contributed by atoms with Gasteiger partial charge in [0.2, 0.25) is 10.0 Å². The van der Waals surface area contributed by atoms with Gasteiger partial charge in [-0.1, -0.05) is 48.5 Å². The Morgan fingerprint density at radius 3 is 2.38 bits per heavy atom. The Hall–Kier alpha value is -2.97. The summed E-state index contributed by atoms with van der Waals surface area (Å²) in [4.78, 5) is 25.2. The number of amides is 1. The summed E-state index contributed by atoms with van der Waals surface area (Å²) in [5.41, 5.74) is 4.33. The molecule has 0 radical (unpaired) electrons. The Labute approximate surface area is 200 Å². The normalized spacial score (nSPS) is 20.4. The number of carbonyl (C=O) groups excluding carboxylic acids is 2. The first-order chi connectivity index (χ1) is 16.2. The summed E-state index contributed by atoms with van der Waals surface area (Å²) in [6.45, 7) is 3.09. The van der Waals surface area contributed by atoms with Gasteiger partial charge in [0, 0.05) is 31.6 Å². The van der Waals surface area contributed by atoms with Crippen LogP contribution in [0.25, 0.3) is 0 Å². The van der Waals surface area contributed by atoms with Crippen LogP contribution < -0.4 is 0 Å². The van der Waals surface area contributed by atoms with Crippen LogP contribution in [0.2, 0.25) is 0 Å². The van der Waals surface area contributed by atoms with Crippen molar-refractivity contribution in [1.82, 2.24) is 4.31 Å². The molecule has 34 heavy (non-hydrogen) atoms. The number of sulfonamides is 1. The highest BCUT2D eigenvalue weighted by atomic mass is 32.2. The molecule has 2 aliphatic rings. The third-order valence-corrected chi connectivity index (χ3v) is 8.12. The van der Waals surface area contributed by atoms with Crippen LogP contribution >= 0.6 is 0 Å². The van der Waals surface area contributed by atoms with E-state index in [1.54, 1.807) is 0 Å². The SMILES string of the molecule is Cc1ccccc1[C@H](CC(=O)C1C=CN=NC1=O)c1ccc(C2CCN(S(C)(=O)=O)CC2)cc1. The van der Waals surface area contributed by atoms with Crippen molar-refractivity contribution in [1.29, 1.82) is 0 Å². The fourth-order valence-corrected chi connectivity index (χ4v) is 5.71. The predicted molar refractivity (Wildman–Crippen MR) is 130 cm³/mol. The van der Waals surface area contributed by atoms with E-state index in [1.807, 2.05) is 31.2 Å². The number of piperidine rings is 1. The van der Waals surface area contributed by atoms with Gasteiger partial charge in [-0.2, -0.15) is 5.11 Å². The number of ketones is 1. The second-order valence-corrected chi connectivity index (χ2v) is 11.0. The number of rotatable bonds is 7. The zero-order chi connectivity index (χ0) is 24.3. The first kappa shape index (κ1) is 24.2. The van der Waals surface area contributed by atoms with Crippen LogP contribution in [0.5, 0.6) is 0 Å². The van der Waals surface area contributed by atoms with Crippen molar-refractivity contribution in [3.63, 3.8) is 0 Å². The maximum Gasteiger partial charge on any atom is 0.278 e. The first-order valence-corrected chi connectivity index (χ1v) is 13.3. The Kier molecular flexibility index (Phi) is 7.19. The van der Waals surface area contributed by atoms with Gasteiger partial charge in [0.05, 0.1) is 6.26 Å². The molecule has 8 heteroatoms. The van der Waals surface area contributed by atoms with Crippen LogP contribution in [-0.4, -0.2) is 43.8 Å². The molecule has 2 aromatic carbocycles. The minimum absolute atomic E-state index is 0.176. The number of aryl methyl sites for hydroxylation is 1. The van der Waals surface area contributed by atoms with E-state index in [9.17, 15) is 18.0 Å². The molecule has 178 valence electrons. The van der Waals surface area contributed by atoms with Gasteiger partial charge in [-0.05, 0) is 54.0 Å². The Morgan fingerprint density at radius 2 is 1.76 bits per heavy atom. The van der Waals surface area contributed by atoms with E-state index in [4.69, 9.17) is 0 Å². The fraction of sp³-hybridized carbons (Fsp3) is 0.385. The number of Topliss-reactive ketones (excluding diaryl/α,β-unsaturated/α-hetero) is 1. The average Bonchev–Trinajstić information content (AvgIpc) is 2.83. The molecular formula is C26H29N3O4S. The molecule has 0 aliphatic carbocycles. The van der Waals surface area contributed by atoms with E-state index in [1.165, 1.54) is 28.4 Å². The second-order valence-electron chi connectivity index (χ2n) is 9.06. The minimum atomic E-state index is -3.15. The largest absolute Gasteiger partial charge is 0.298 e. The van der Waals surface area contributed by atoms with Gasteiger partial charge in [-0.15, -0.1) is 5.11 Å². The van der Waals surface area contributed by atoms with Crippen LogP contribution in [0.3, 0.4) is 0 Å². The van der Waals surface area contributed by atoms with Crippen molar-refractivity contribution in [2.75, 3.05) is 19.3 Å². The third-order valence-electron chi connectivity index (χ3n) is 6.82. The minimum Gasteiger partial charge on any atom is -0.298 e. The summed E-state index contributed by atoms with van der Waals surface area (Å²) in [5.74, 6) is -1.46. The maximum atomic E-state index is 13.1. The van der Waals surface area contributed by atoms with Crippen molar-refractivity contribution in [3.05, 3.63) is 83.1 Å². The number of nitrogens with zero attached hydrogens (tertiary/aromatic N) is 3. The molecule has 2 heterocycles. The molecule has 0 bridgehead atoms. The Morgan fingerprint density at radius 1 is 1.09 bits per heavy atom. The van der Waals surface area contributed by atoms with Crippen molar-refractivity contribution < 1.29 is 18.0 Å². The van der Waals surface area contributed by atoms with E-state index in [0.29, 0.717) is 19.0 Å². The van der Waals surface area contributed by atoms with Gasteiger partial charge in [0.25, 0.3) is 5.91 Å². The molecule has 1 amide bonds. The third kappa shape index (κ3) is 5.39. The molecule has 1 saturated heterocycles. The summed E-state index contributed by atoms with van der Waals surface area (Å²) in [6.07, 6.45) is 5.94. The topological polar surface area (TPSA) is 96.2 Å². The zero-order valence-electron chi connectivity index (χ0n) is 19.4. The Balaban J connectivity index is 1.55. The quantitative estimate of drug-likeness (QED) is 0.552. The van der Waals surface area contributed by atoms with Crippen LogP contribution in [0.1, 0.15) is 53.4 Å². The molecule has 0 saturated carbocycles. The predicted octanol–water partition coefficient (Wildman–Crippen LogP) is 4.35. The van der Waals surface area contributed by atoms with E-state index in [0.717, 1.165) is 29.5 Å². The first-order valence-electron chi connectivity index (χ1n) is 11.5. The van der Waals surface area contributed by atoms with Gasteiger partial charge in [0.1, 0.15) is 11.7 Å². The van der Waals surface area contributed by atoms with Crippen LogP contribution in [0, 0.1) is 12.8 Å². The van der Waals surface area contributed by atoms with E-state index in [2.05, 4.69) is 34.5 Å². The molecule has 0 N–H and O–H groups in total. The number of carbonyl (C=O) groups is 2. The lowest BCUT2D eigenvalue weighted by molar-refractivity contribution is -0.130. The number of hydrogen-bond acceptors (Lipinski definition) is 5. The highest BCUT2D eigenvalue weighted by Gasteiger charge is 2.30. The van der Waals surface area contributed by atoms with Crippen LogP contribution in [0.15, 0.2) is 71.0 Å². The maximum absolute atomic E-state index is 13.1. The van der Waals surface area contributed by atoms with Crippen molar-refractivity contribution in [3.8, 4) is 0 Å². The molecule has 7 nitrogen and oxygen atoms in total. The van der Waals surface area contributed by atoms with E-state index < -0.39 is 21.8 Å². The monoisotopic (exact) mass is 479 g/mol. The summed E-state index contributed by atoms with van der Waals surface area (Å²) in [6, 6.07) is 16.3. The molecule has 1 fully saturated rings. The zero-order valence-corrected chi connectivity index (χ0v) is 20.2. The summed E-state index contributed by atoms with van der Waals surface area (Å²) >= 11 is 0. The molecular weight excluding hydrogens is 450 g/mol. The van der Waals surface area contributed by atoms with Crippen LogP contribution in [0.4, 0.5) is 0 Å². The highest BCUT2D eigenvalue weighted by molar-refractivity contribution is 7.88. The molecule has 2 aliphatic heterocycles. The standard InChI is InChI=1S/C26H29N3O4S/c1-18-5-3-4-6-22(18)24(17-25(30)23-11-14-27-28-26(23)31)21-9-7-19(8-10-21)20-12-15-29(16-13-20)34(2,32)33/h3-11,14,20,23-24H,12-13,15-17H2,1-2H3/t23?,24-/m1/s1. The summed E-state index contributed by atoms with van der Waals surface area (Å²) in [7, 11) is -3.15. The lowest BCUT2D eigenvalue weighted by atomic mass is 9.81. The molecule has 2 aromatic rings. The van der Waals surface area contributed by atoms with Gasteiger partial charge in [0.15, 0.2) is 0 Å². The van der Waals surface area contributed by atoms with Crippen molar-refractivity contribution >= 4 is 21.7 Å². The van der Waals surface area contributed by atoms with Gasteiger partial charge in [-0.25, -0.2) is 12.7 Å². The lowest BCUT2D eigenvalue weighted by Gasteiger charge is -2.30. The van der Waals surface area contributed by atoms with Gasteiger partial charge < -0.3 is 0 Å². The fourth-order valence-electron chi connectivity index (χ4n) is 4.84. The molecule has 1 unspecified atom stereocenters. The van der Waals surface area contributed by atoms with Crippen molar-refractivity contribution in [2.24, 2.45) is 16.1 Å². The number of azo groups is 1. The molecule has 0 spiro atoms. The average molecular weight is 480 g/mol. The molecule has 0 aromatic heterocycles. The number of hydrogen-bond donors (Lipinski definition) is 0. The second kappa shape index (κ2) is 10.1. The smallest absolute Gasteiger partial charge is 0.278 e. The van der Waals surface area contributed by atoms with E-state index >= 15 is 0 Å². The lowest BCUT2D eigenvalue weighted by Crippen LogP contribution is -2.37. The van der Waals surface area contributed by atoms with Crippen molar-refractivity contribution in [2.45, 2.75) is 38.0 Å². The van der Waals surface area contributed by atoms with Gasteiger partial charge >= 0.3 is 0 Å². The number of benzene rings is 2. The highest BCUT2D eigenvalue weighted by Crippen LogP contribution is 2.35. The summed E-state index contributed by atoms with van der Waals surface area (Å²) in [5, 5.41) is 7.10.